The van der Waals surface area contributed by atoms with Crippen molar-refractivity contribution in [1.82, 2.24) is 5.32 Å². The maximum absolute atomic E-state index is 12.0. The molecule has 0 saturated heterocycles. The molecule has 0 saturated carbocycles. The van der Waals surface area contributed by atoms with Crippen molar-refractivity contribution in [3.05, 3.63) is 59.7 Å². The van der Waals surface area contributed by atoms with E-state index in [9.17, 15) is 9.59 Å². The van der Waals surface area contributed by atoms with Gasteiger partial charge in [-0.15, -0.1) is 0 Å². The summed E-state index contributed by atoms with van der Waals surface area (Å²) in [7, 11) is 1.58. The highest BCUT2D eigenvalue weighted by Gasteiger charge is 2.06. The molecule has 2 aromatic carbocycles. The van der Waals surface area contributed by atoms with Crippen molar-refractivity contribution in [2.45, 2.75) is 39.0 Å². The Hall–Kier alpha value is -2.82. The van der Waals surface area contributed by atoms with E-state index in [0.717, 1.165) is 12.1 Å². The third-order valence-corrected chi connectivity index (χ3v) is 4.28. The zero-order valence-corrected chi connectivity index (χ0v) is 16.1. The van der Waals surface area contributed by atoms with Gasteiger partial charge in [0.25, 0.3) is 5.91 Å². The van der Waals surface area contributed by atoms with Crippen LogP contribution in [0.25, 0.3) is 0 Å². The minimum absolute atomic E-state index is 0.0463. The number of aryl methyl sites for hydroxylation is 1. The summed E-state index contributed by atoms with van der Waals surface area (Å²) >= 11 is 0. The SMILES string of the molecule is CCCCc1ccc(NC(=O)CCCNC(=O)c2ccc(OC)cc2)cc1. The maximum Gasteiger partial charge on any atom is 0.251 e. The highest BCUT2D eigenvalue weighted by Crippen LogP contribution is 2.13. The molecule has 5 nitrogen and oxygen atoms in total. The normalized spacial score (nSPS) is 10.3. The Kier molecular flexibility index (Phi) is 8.36. The summed E-state index contributed by atoms with van der Waals surface area (Å²) in [6.07, 6.45) is 4.36. The van der Waals surface area contributed by atoms with Gasteiger partial charge in [-0.2, -0.15) is 0 Å². The second kappa shape index (κ2) is 11.0. The Bertz CT molecular complexity index is 724. The fourth-order valence-electron chi connectivity index (χ4n) is 2.65. The molecule has 0 radical (unpaired) electrons. The van der Waals surface area contributed by atoms with Gasteiger partial charge >= 0.3 is 0 Å². The van der Waals surface area contributed by atoms with Crippen LogP contribution < -0.4 is 15.4 Å². The minimum atomic E-state index is -0.152. The molecule has 2 N–H and O–H groups in total. The Labute approximate surface area is 161 Å². The van der Waals surface area contributed by atoms with Gasteiger partial charge < -0.3 is 15.4 Å². The van der Waals surface area contributed by atoms with E-state index >= 15 is 0 Å². The first-order valence-corrected chi connectivity index (χ1v) is 9.43. The van der Waals surface area contributed by atoms with Gasteiger partial charge in [0, 0.05) is 24.2 Å². The van der Waals surface area contributed by atoms with Crippen molar-refractivity contribution in [2.75, 3.05) is 19.0 Å². The summed E-state index contributed by atoms with van der Waals surface area (Å²) in [4.78, 5) is 24.1. The van der Waals surface area contributed by atoms with Gasteiger partial charge in [-0.3, -0.25) is 9.59 Å². The van der Waals surface area contributed by atoms with Crippen LogP contribution in [0.3, 0.4) is 0 Å². The molecule has 27 heavy (non-hydrogen) atoms. The lowest BCUT2D eigenvalue weighted by atomic mass is 10.1. The number of hydrogen-bond acceptors (Lipinski definition) is 3. The van der Waals surface area contributed by atoms with Crippen LogP contribution in [-0.2, 0) is 11.2 Å². The first-order chi connectivity index (χ1) is 13.1. The summed E-state index contributed by atoms with van der Waals surface area (Å²) in [5.74, 6) is 0.511. The first kappa shape index (κ1) is 20.5. The number of benzene rings is 2. The fourth-order valence-corrected chi connectivity index (χ4v) is 2.65. The molecule has 0 aliphatic rings. The van der Waals surface area contributed by atoms with Gasteiger partial charge in [-0.05, 0) is 61.2 Å². The number of hydrogen-bond donors (Lipinski definition) is 2. The highest BCUT2D eigenvalue weighted by atomic mass is 16.5. The average molecular weight is 368 g/mol. The molecule has 0 heterocycles. The number of carbonyl (C=O) groups excluding carboxylic acids is 2. The van der Waals surface area contributed by atoms with Gasteiger partial charge in [0.15, 0.2) is 0 Å². The topological polar surface area (TPSA) is 67.4 Å². The predicted molar refractivity (Wildman–Crippen MR) is 108 cm³/mol. The number of anilines is 1. The zero-order chi connectivity index (χ0) is 19.5. The van der Waals surface area contributed by atoms with Crippen LogP contribution in [0.4, 0.5) is 5.69 Å². The van der Waals surface area contributed by atoms with Gasteiger partial charge in [0.05, 0.1) is 7.11 Å². The number of methoxy groups -OCH3 is 1. The number of amides is 2. The van der Waals surface area contributed by atoms with E-state index in [1.807, 2.05) is 12.1 Å². The second-order valence-corrected chi connectivity index (χ2v) is 6.44. The van der Waals surface area contributed by atoms with Crippen LogP contribution >= 0.6 is 0 Å². The Morgan fingerprint density at radius 2 is 1.67 bits per heavy atom. The molecule has 144 valence electrons. The van der Waals surface area contributed by atoms with Gasteiger partial charge in [0.2, 0.25) is 5.91 Å². The molecular formula is C22H28N2O3. The van der Waals surface area contributed by atoms with E-state index in [4.69, 9.17) is 4.74 Å². The van der Waals surface area contributed by atoms with Crippen LogP contribution in [0.15, 0.2) is 48.5 Å². The molecule has 0 fully saturated rings. The summed E-state index contributed by atoms with van der Waals surface area (Å²) in [5, 5.41) is 5.72. The molecule has 2 amide bonds. The number of nitrogens with one attached hydrogen (secondary N) is 2. The van der Waals surface area contributed by atoms with E-state index in [2.05, 4.69) is 29.7 Å². The van der Waals surface area contributed by atoms with Crippen LogP contribution in [-0.4, -0.2) is 25.5 Å². The number of unbranched alkanes of at least 4 members (excludes halogenated alkanes) is 1. The van der Waals surface area contributed by atoms with Crippen molar-refractivity contribution in [3.63, 3.8) is 0 Å². The Balaban J connectivity index is 1.67. The van der Waals surface area contributed by atoms with E-state index in [1.54, 1.807) is 31.4 Å². The third kappa shape index (κ3) is 7.13. The largest absolute Gasteiger partial charge is 0.497 e. The summed E-state index contributed by atoms with van der Waals surface area (Å²) < 4.78 is 5.07. The highest BCUT2D eigenvalue weighted by molar-refractivity contribution is 5.94. The van der Waals surface area contributed by atoms with Crippen molar-refractivity contribution in [3.8, 4) is 5.75 Å². The van der Waals surface area contributed by atoms with E-state index in [1.165, 1.54) is 18.4 Å². The summed E-state index contributed by atoms with van der Waals surface area (Å²) in [6, 6.07) is 14.9. The lowest BCUT2D eigenvalue weighted by Crippen LogP contribution is -2.25. The third-order valence-electron chi connectivity index (χ3n) is 4.28. The molecule has 0 spiro atoms. The van der Waals surface area contributed by atoms with Crippen LogP contribution in [0.2, 0.25) is 0 Å². The molecule has 0 atom stereocenters. The van der Waals surface area contributed by atoms with Crippen LogP contribution in [0, 0.1) is 0 Å². The predicted octanol–water partition coefficient (Wildman–Crippen LogP) is 4.19. The van der Waals surface area contributed by atoms with E-state index < -0.39 is 0 Å². The van der Waals surface area contributed by atoms with E-state index in [0.29, 0.717) is 30.7 Å². The van der Waals surface area contributed by atoms with Crippen molar-refractivity contribution >= 4 is 17.5 Å². The molecule has 5 heteroatoms. The quantitative estimate of drug-likeness (QED) is 0.618. The maximum atomic E-state index is 12.0. The smallest absolute Gasteiger partial charge is 0.251 e. The van der Waals surface area contributed by atoms with Crippen LogP contribution in [0.1, 0.15) is 48.5 Å². The average Bonchev–Trinajstić information content (AvgIpc) is 2.70. The van der Waals surface area contributed by atoms with Crippen molar-refractivity contribution < 1.29 is 14.3 Å². The number of rotatable bonds is 10. The summed E-state index contributed by atoms with van der Waals surface area (Å²) in [6.45, 7) is 2.63. The van der Waals surface area contributed by atoms with Gasteiger partial charge in [-0.25, -0.2) is 0 Å². The van der Waals surface area contributed by atoms with Gasteiger partial charge in [-0.1, -0.05) is 25.5 Å². The molecule has 0 aliphatic heterocycles. The Morgan fingerprint density at radius 3 is 2.30 bits per heavy atom. The molecular weight excluding hydrogens is 340 g/mol. The first-order valence-electron chi connectivity index (χ1n) is 9.43. The lowest BCUT2D eigenvalue weighted by Gasteiger charge is -2.08. The number of carbonyl (C=O) groups is 2. The van der Waals surface area contributed by atoms with Crippen molar-refractivity contribution in [2.24, 2.45) is 0 Å². The minimum Gasteiger partial charge on any atom is -0.497 e. The second-order valence-electron chi connectivity index (χ2n) is 6.44. The monoisotopic (exact) mass is 368 g/mol. The van der Waals surface area contributed by atoms with Gasteiger partial charge in [0.1, 0.15) is 5.75 Å². The molecule has 2 aromatic rings. The van der Waals surface area contributed by atoms with Crippen molar-refractivity contribution in [1.29, 1.82) is 0 Å². The summed E-state index contributed by atoms with van der Waals surface area (Å²) in [5.41, 5.74) is 2.67. The fraction of sp³-hybridized carbons (Fsp3) is 0.364. The number of ether oxygens (including phenoxy) is 1. The molecule has 0 aromatic heterocycles. The molecule has 0 bridgehead atoms. The molecule has 0 aliphatic carbocycles. The standard InChI is InChI=1S/C22H28N2O3/c1-3-4-6-17-8-12-19(13-9-17)24-21(25)7-5-16-23-22(26)18-10-14-20(27-2)15-11-18/h8-15H,3-7,16H2,1-2H3,(H,23,26)(H,24,25). The zero-order valence-electron chi connectivity index (χ0n) is 16.1. The molecule has 2 rings (SSSR count). The van der Waals surface area contributed by atoms with Crippen LogP contribution in [0.5, 0.6) is 5.75 Å². The van der Waals surface area contributed by atoms with E-state index in [-0.39, 0.29) is 11.8 Å². The lowest BCUT2D eigenvalue weighted by molar-refractivity contribution is -0.116. The Morgan fingerprint density at radius 1 is 0.963 bits per heavy atom. The molecule has 0 unspecified atom stereocenters.